The van der Waals surface area contributed by atoms with Gasteiger partial charge in [0, 0.05) is 30.5 Å². The number of aromatic nitrogens is 2. The summed E-state index contributed by atoms with van der Waals surface area (Å²) in [5.41, 5.74) is 2.51. The Morgan fingerprint density at radius 2 is 2.03 bits per heavy atom. The van der Waals surface area contributed by atoms with Crippen molar-refractivity contribution in [2.24, 2.45) is 4.99 Å². The van der Waals surface area contributed by atoms with Crippen LogP contribution in [0.4, 0.5) is 28.8 Å². The van der Waals surface area contributed by atoms with Crippen molar-refractivity contribution in [2.45, 2.75) is 26.8 Å². The van der Waals surface area contributed by atoms with Gasteiger partial charge in [0.15, 0.2) is 5.82 Å². The number of rotatable bonds is 8. The lowest BCUT2D eigenvalue weighted by Gasteiger charge is -2.28. The van der Waals surface area contributed by atoms with Crippen molar-refractivity contribution >= 4 is 41.0 Å². The standard InChI is InChI=1S/C21H28N6O3/c1-4-30-19(28)14-22-18-13-23-21(26-20(18)24-15(2)3)25-16-5-7-17(8-6-16)27-9-11-29-12-10-27/h5-8,13-15H,4,9-12H2,1-3H3,(H2,23,24,25,26). The van der Waals surface area contributed by atoms with Crippen LogP contribution in [0.1, 0.15) is 20.8 Å². The van der Waals surface area contributed by atoms with E-state index < -0.39 is 5.97 Å². The molecule has 0 spiro atoms. The van der Waals surface area contributed by atoms with Gasteiger partial charge in [0.2, 0.25) is 5.95 Å². The number of anilines is 4. The smallest absolute Gasteiger partial charge is 0.349 e. The lowest BCUT2D eigenvalue weighted by Crippen LogP contribution is -2.36. The van der Waals surface area contributed by atoms with E-state index in [0.717, 1.165) is 43.9 Å². The molecule has 0 amide bonds. The Morgan fingerprint density at radius 1 is 1.30 bits per heavy atom. The number of hydrogen-bond acceptors (Lipinski definition) is 9. The number of morpholine rings is 1. The molecule has 30 heavy (non-hydrogen) atoms. The quantitative estimate of drug-likeness (QED) is 0.504. The van der Waals surface area contributed by atoms with Gasteiger partial charge in [-0.2, -0.15) is 4.98 Å². The summed E-state index contributed by atoms with van der Waals surface area (Å²) in [4.78, 5) is 26.8. The maximum Gasteiger partial charge on any atom is 0.349 e. The molecule has 0 saturated carbocycles. The Hall–Kier alpha value is -3.20. The van der Waals surface area contributed by atoms with E-state index in [1.54, 1.807) is 13.1 Å². The first-order valence-electron chi connectivity index (χ1n) is 10.1. The van der Waals surface area contributed by atoms with Crippen LogP contribution in [-0.4, -0.2) is 61.1 Å². The number of benzene rings is 1. The second-order valence-electron chi connectivity index (χ2n) is 7.01. The number of carbonyl (C=O) groups excluding carboxylic acids is 1. The molecule has 3 rings (SSSR count). The Bertz CT molecular complexity index is 864. The lowest BCUT2D eigenvalue weighted by atomic mass is 10.2. The maximum absolute atomic E-state index is 11.5. The zero-order valence-corrected chi connectivity index (χ0v) is 17.6. The molecule has 1 saturated heterocycles. The van der Waals surface area contributed by atoms with Crippen molar-refractivity contribution < 1.29 is 14.3 Å². The van der Waals surface area contributed by atoms with Crippen molar-refractivity contribution in [3.63, 3.8) is 0 Å². The molecule has 1 aliphatic heterocycles. The number of carbonyl (C=O) groups is 1. The molecule has 2 heterocycles. The van der Waals surface area contributed by atoms with Gasteiger partial charge in [-0.1, -0.05) is 0 Å². The van der Waals surface area contributed by atoms with Gasteiger partial charge in [-0.15, -0.1) is 0 Å². The molecular weight excluding hydrogens is 384 g/mol. The van der Waals surface area contributed by atoms with Gasteiger partial charge in [0.25, 0.3) is 0 Å². The zero-order chi connectivity index (χ0) is 21.3. The van der Waals surface area contributed by atoms with Crippen molar-refractivity contribution in [1.29, 1.82) is 0 Å². The van der Waals surface area contributed by atoms with Crippen molar-refractivity contribution in [3.05, 3.63) is 30.5 Å². The molecule has 0 radical (unpaired) electrons. The monoisotopic (exact) mass is 412 g/mol. The minimum absolute atomic E-state index is 0.136. The van der Waals surface area contributed by atoms with E-state index in [4.69, 9.17) is 9.47 Å². The summed E-state index contributed by atoms with van der Waals surface area (Å²) in [6.45, 7) is 9.34. The highest BCUT2D eigenvalue weighted by atomic mass is 16.5. The number of nitrogens with zero attached hydrogens (tertiary/aromatic N) is 4. The summed E-state index contributed by atoms with van der Waals surface area (Å²) < 4.78 is 10.3. The van der Waals surface area contributed by atoms with E-state index in [0.29, 0.717) is 24.1 Å². The molecule has 2 aromatic rings. The zero-order valence-electron chi connectivity index (χ0n) is 17.6. The first-order valence-corrected chi connectivity index (χ1v) is 10.1. The first-order chi connectivity index (χ1) is 14.5. The van der Waals surface area contributed by atoms with Crippen LogP contribution < -0.4 is 15.5 Å². The lowest BCUT2D eigenvalue weighted by molar-refractivity contribution is -0.134. The van der Waals surface area contributed by atoms with Crippen LogP contribution in [-0.2, 0) is 14.3 Å². The topological polar surface area (TPSA) is 101 Å². The highest BCUT2D eigenvalue weighted by Gasteiger charge is 2.12. The van der Waals surface area contributed by atoms with Crippen LogP contribution in [0.25, 0.3) is 0 Å². The minimum Gasteiger partial charge on any atom is -0.462 e. The third kappa shape index (κ3) is 6.15. The molecule has 9 nitrogen and oxygen atoms in total. The second-order valence-corrected chi connectivity index (χ2v) is 7.01. The predicted octanol–water partition coefficient (Wildman–Crippen LogP) is 3.14. The minimum atomic E-state index is -0.504. The summed E-state index contributed by atoms with van der Waals surface area (Å²) in [7, 11) is 0. The average molecular weight is 412 g/mol. The molecule has 1 aromatic heterocycles. The third-order valence-corrected chi connectivity index (χ3v) is 4.29. The molecule has 160 valence electrons. The molecular formula is C21H28N6O3. The van der Waals surface area contributed by atoms with Gasteiger partial charge in [-0.25, -0.2) is 14.8 Å². The van der Waals surface area contributed by atoms with E-state index in [2.05, 4.69) is 42.6 Å². The number of aliphatic imine (C=N–C) groups is 1. The summed E-state index contributed by atoms with van der Waals surface area (Å²) in [5.74, 6) is 0.468. The normalized spacial score (nSPS) is 14.2. The molecule has 0 aliphatic carbocycles. The fraction of sp³-hybridized carbons (Fsp3) is 0.429. The first kappa shape index (κ1) is 21.5. The summed E-state index contributed by atoms with van der Waals surface area (Å²) in [6.07, 6.45) is 2.70. The second kappa shape index (κ2) is 10.5. The van der Waals surface area contributed by atoms with Crippen molar-refractivity contribution in [3.8, 4) is 0 Å². The van der Waals surface area contributed by atoms with Crippen LogP contribution in [0, 0.1) is 0 Å². The highest BCUT2D eigenvalue weighted by Crippen LogP contribution is 2.26. The van der Waals surface area contributed by atoms with E-state index in [1.807, 2.05) is 26.0 Å². The van der Waals surface area contributed by atoms with E-state index in [1.165, 1.54) is 0 Å². The molecule has 0 unspecified atom stereocenters. The molecule has 2 N–H and O–H groups in total. The largest absolute Gasteiger partial charge is 0.462 e. The van der Waals surface area contributed by atoms with Gasteiger partial charge in [-0.05, 0) is 45.0 Å². The van der Waals surface area contributed by atoms with Crippen LogP contribution in [0.5, 0.6) is 0 Å². The van der Waals surface area contributed by atoms with Crippen molar-refractivity contribution in [2.75, 3.05) is 48.4 Å². The third-order valence-electron chi connectivity index (χ3n) is 4.29. The van der Waals surface area contributed by atoms with Gasteiger partial charge in [-0.3, -0.25) is 0 Å². The van der Waals surface area contributed by atoms with E-state index in [9.17, 15) is 4.79 Å². The van der Waals surface area contributed by atoms with Crippen LogP contribution >= 0.6 is 0 Å². The maximum atomic E-state index is 11.5. The van der Waals surface area contributed by atoms with Gasteiger partial charge >= 0.3 is 5.97 Å². The van der Waals surface area contributed by atoms with Crippen LogP contribution in [0.2, 0.25) is 0 Å². The van der Waals surface area contributed by atoms with Crippen LogP contribution in [0.3, 0.4) is 0 Å². The molecule has 1 fully saturated rings. The molecule has 1 aliphatic rings. The SMILES string of the molecule is CCOC(=O)C=Nc1cnc(Nc2ccc(N3CCOCC3)cc2)nc1NC(C)C. The van der Waals surface area contributed by atoms with Crippen LogP contribution in [0.15, 0.2) is 35.5 Å². The number of ether oxygens (including phenoxy) is 2. The summed E-state index contributed by atoms with van der Waals surface area (Å²) >= 11 is 0. The van der Waals surface area contributed by atoms with Gasteiger partial charge in [0.1, 0.15) is 11.9 Å². The van der Waals surface area contributed by atoms with E-state index in [-0.39, 0.29) is 6.04 Å². The Balaban J connectivity index is 1.73. The Labute approximate surface area is 176 Å². The summed E-state index contributed by atoms with van der Waals surface area (Å²) in [6, 6.07) is 8.27. The molecule has 0 atom stereocenters. The highest BCUT2D eigenvalue weighted by molar-refractivity contribution is 6.23. The molecule has 9 heteroatoms. The Kier molecular flexibility index (Phi) is 7.56. The van der Waals surface area contributed by atoms with Crippen molar-refractivity contribution in [1.82, 2.24) is 9.97 Å². The predicted molar refractivity (Wildman–Crippen MR) is 118 cm³/mol. The molecule has 0 bridgehead atoms. The average Bonchev–Trinajstić information content (AvgIpc) is 2.74. The number of hydrogen-bond donors (Lipinski definition) is 2. The summed E-state index contributed by atoms with van der Waals surface area (Å²) in [5, 5.41) is 6.44. The Morgan fingerprint density at radius 3 is 2.70 bits per heavy atom. The number of nitrogens with one attached hydrogen (secondary N) is 2. The fourth-order valence-electron chi connectivity index (χ4n) is 2.92. The number of esters is 1. The van der Waals surface area contributed by atoms with E-state index >= 15 is 0 Å². The fourth-order valence-corrected chi connectivity index (χ4v) is 2.92. The molecule has 1 aromatic carbocycles. The van der Waals surface area contributed by atoms with Gasteiger partial charge in [0.05, 0.1) is 26.0 Å². The van der Waals surface area contributed by atoms with Gasteiger partial charge < -0.3 is 25.0 Å².